The fourth-order valence-corrected chi connectivity index (χ4v) is 11.7. The van der Waals surface area contributed by atoms with E-state index in [4.69, 9.17) is 15.0 Å². The zero-order chi connectivity index (χ0) is 60.3. The first-order valence-electron chi connectivity index (χ1n) is 29.1. The first kappa shape index (κ1) is 56.4. The summed E-state index contributed by atoms with van der Waals surface area (Å²) in [5, 5.41) is 13.2. The van der Waals surface area contributed by atoms with E-state index in [2.05, 4.69) is 220 Å². The highest BCUT2D eigenvalue weighted by Crippen LogP contribution is 2.45. The second-order valence-corrected chi connectivity index (χ2v) is 27.0. The van der Waals surface area contributed by atoms with Crippen LogP contribution in [0.15, 0.2) is 182 Å². The molecule has 0 aliphatic heterocycles. The van der Waals surface area contributed by atoms with Gasteiger partial charge in [-0.15, -0.1) is 0 Å². The van der Waals surface area contributed by atoms with Crippen LogP contribution in [-0.4, -0.2) is 24.1 Å². The maximum Gasteiger partial charge on any atom is 0.416 e. The Bertz CT molecular complexity index is 4530. The Balaban J connectivity index is 1.23. The third-order valence-electron chi connectivity index (χ3n) is 16.7. The number of nitriles is 1. The quantitative estimate of drug-likeness (QED) is 0.159. The lowest BCUT2D eigenvalue weighted by molar-refractivity contribution is -0.137. The molecule has 0 atom stereocenters. The van der Waals surface area contributed by atoms with E-state index in [0.29, 0.717) is 50.6 Å². The first-order chi connectivity index (χ1) is 40.1. The van der Waals surface area contributed by atoms with E-state index in [0.717, 1.165) is 94.2 Å². The number of alkyl halides is 3. The molecule has 0 bridgehead atoms. The van der Waals surface area contributed by atoms with Crippen molar-refractivity contribution in [3.05, 3.63) is 221 Å². The lowest BCUT2D eigenvalue weighted by Crippen LogP contribution is -2.17. The summed E-state index contributed by atoms with van der Waals surface area (Å²) in [4.78, 5) is 16.8. The van der Waals surface area contributed by atoms with E-state index in [9.17, 15) is 18.4 Å². The van der Waals surface area contributed by atoms with Gasteiger partial charge in [-0.05, 0) is 171 Å². The zero-order valence-electron chi connectivity index (χ0n) is 50.6. The minimum atomic E-state index is -4.56. The summed E-state index contributed by atoms with van der Waals surface area (Å²) < 4.78 is 48.5. The Kier molecular flexibility index (Phi) is 13.5. The van der Waals surface area contributed by atoms with Crippen molar-refractivity contribution in [3.8, 4) is 73.9 Å². The molecule has 3 aromatic heterocycles. The van der Waals surface area contributed by atoms with Crippen LogP contribution in [-0.2, 0) is 27.8 Å². The number of aromatic nitrogens is 5. The van der Waals surface area contributed by atoms with Crippen LogP contribution in [0.5, 0.6) is 0 Å². The average molecular weight is 1120 g/mol. The molecular weight excluding hydrogens is 1050 g/mol. The van der Waals surface area contributed by atoms with Crippen molar-refractivity contribution in [1.29, 1.82) is 5.26 Å². The number of hydrogen-bond donors (Lipinski definition) is 0. The standard InChI is InChI=1S/C76H69F3N6/c1-45-22-30-66-60(34-45)57-18-14-16-20-63(57)84(66)65-31-27-48(47-25-23-46(44-80)24-26-47)39-59(65)49-28-32-68(85-64-21-17-15-19-58(64)61-43-52(76(77,78)79)29-33-67(61)85)62(40-49)71-82-69(50-35-53(72(2,3)4)41-54(36-50)73(5,6)7)81-70(83-71)51-37-55(74(8,9)10)42-56(38-51)75(11,12)13/h14-43H,1-13H3. The molecular formula is C76H69F3N6. The van der Waals surface area contributed by atoms with Crippen molar-refractivity contribution in [2.45, 2.75) is 118 Å². The summed E-state index contributed by atoms with van der Waals surface area (Å²) in [6, 6.07) is 62.9. The van der Waals surface area contributed by atoms with Gasteiger partial charge in [0.15, 0.2) is 17.5 Å². The minimum Gasteiger partial charge on any atom is -0.309 e. The number of rotatable bonds is 7. The van der Waals surface area contributed by atoms with E-state index in [1.807, 2.05) is 48.5 Å². The first-order valence-corrected chi connectivity index (χ1v) is 29.1. The summed E-state index contributed by atoms with van der Waals surface area (Å²) >= 11 is 0. The number of halogens is 3. The highest BCUT2D eigenvalue weighted by molar-refractivity contribution is 6.11. The molecule has 0 saturated heterocycles. The van der Waals surface area contributed by atoms with E-state index >= 15 is 0 Å². The normalized spacial score (nSPS) is 12.7. The Morgan fingerprint density at radius 3 is 1.25 bits per heavy atom. The van der Waals surface area contributed by atoms with Gasteiger partial charge in [0.2, 0.25) is 0 Å². The number of nitrogens with zero attached hydrogens (tertiary/aromatic N) is 6. The Labute approximate surface area is 496 Å². The third-order valence-corrected chi connectivity index (χ3v) is 16.7. The second-order valence-electron chi connectivity index (χ2n) is 27.0. The second kappa shape index (κ2) is 20.3. The lowest BCUT2D eigenvalue weighted by Gasteiger charge is -2.26. The summed E-state index contributed by atoms with van der Waals surface area (Å²) in [7, 11) is 0. The van der Waals surface area contributed by atoms with Crippen molar-refractivity contribution < 1.29 is 13.2 Å². The molecule has 85 heavy (non-hydrogen) atoms. The number of benzene rings is 9. The Morgan fingerprint density at radius 2 is 0.765 bits per heavy atom. The molecule has 424 valence electrons. The van der Waals surface area contributed by atoms with Crippen molar-refractivity contribution in [3.63, 3.8) is 0 Å². The lowest BCUT2D eigenvalue weighted by atomic mass is 9.79. The minimum absolute atomic E-state index is 0.222. The number of para-hydroxylation sites is 2. The predicted octanol–water partition coefficient (Wildman–Crippen LogP) is 20.8. The Hall–Kier alpha value is -9.13. The monoisotopic (exact) mass is 1120 g/mol. The highest BCUT2D eigenvalue weighted by Gasteiger charge is 2.32. The molecule has 9 aromatic carbocycles. The van der Waals surface area contributed by atoms with E-state index in [-0.39, 0.29) is 21.7 Å². The molecule has 0 amide bonds. The molecule has 3 heterocycles. The van der Waals surface area contributed by atoms with Crippen LogP contribution in [0.1, 0.15) is 122 Å². The van der Waals surface area contributed by atoms with Crippen LogP contribution >= 0.6 is 0 Å². The van der Waals surface area contributed by atoms with Crippen molar-refractivity contribution in [2.75, 3.05) is 0 Å². The molecule has 0 saturated carbocycles. The topological polar surface area (TPSA) is 72.3 Å². The summed E-state index contributed by atoms with van der Waals surface area (Å²) in [6.07, 6.45) is -4.56. The van der Waals surface area contributed by atoms with Crippen LogP contribution in [0, 0.1) is 18.3 Å². The zero-order valence-corrected chi connectivity index (χ0v) is 50.6. The van der Waals surface area contributed by atoms with Gasteiger partial charge in [0.25, 0.3) is 0 Å². The van der Waals surface area contributed by atoms with Crippen molar-refractivity contribution in [1.82, 2.24) is 24.1 Å². The van der Waals surface area contributed by atoms with Crippen LogP contribution in [0.4, 0.5) is 13.2 Å². The van der Waals surface area contributed by atoms with Crippen LogP contribution in [0.3, 0.4) is 0 Å². The fraction of sp³-hybridized carbons (Fsp3) is 0.237. The van der Waals surface area contributed by atoms with Gasteiger partial charge in [0.1, 0.15) is 0 Å². The molecule has 0 N–H and O–H groups in total. The van der Waals surface area contributed by atoms with Gasteiger partial charge in [0.05, 0.1) is 50.6 Å². The van der Waals surface area contributed by atoms with Gasteiger partial charge in [-0.1, -0.05) is 168 Å². The molecule has 9 heteroatoms. The largest absolute Gasteiger partial charge is 0.416 e. The highest BCUT2D eigenvalue weighted by atomic mass is 19.4. The van der Waals surface area contributed by atoms with Gasteiger partial charge < -0.3 is 9.13 Å². The van der Waals surface area contributed by atoms with E-state index in [1.165, 1.54) is 12.1 Å². The van der Waals surface area contributed by atoms with Gasteiger partial charge >= 0.3 is 6.18 Å². The van der Waals surface area contributed by atoms with E-state index in [1.54, 1.807) is 6.07 Å². The van der Waals surface area contributed by atoms with Crippen molar-refractivity contribution >= 4 is 43.6 Å². The summed E-state index contributed by atoms with van der Waals surface area (Å²) in [6.45, 7) is 28.8. The summed E-state index contributed by atoms with van der Waals surface area (Å²) in [5.41, 5.74) is 15.7. The van der Waals surface area contributed by atoms with Crippen LogP contribution < -0.4 is 0 Å². The van der Waals surface area contributed by atoms with E-state index < -0.39 is 11.7 Å². The maximum atomic E-state index is 14.7. The SMILES string of the molecule is Cc1ccc2c(c1)c1ccccc1n2-c1ccc(-c2ccc(C#N)cc2)cc1-c1ccc(-n2c3ccccc3c3cc(C(F)(F)F)ccc32)c(-c2nc(-c3cc(C(C)(C)C)cc(C(C)(C)C)c3)nc(-c3cc(C(C)(C)C)cc(C(C)(C)C)c3)n2)c1. The van der Waals surface area contributed by atoms with Gasteiger partial charge in [0, 0.05) is 43.8 Å². The molecule has 0 aliphatic carbocycles. The van der Waals surface area contributed by atoms with Gasteiger partial charge in [-0.2, -0.15) is 18.4 Å². The Morgan fingerprint density at radius 1 is 0.353 bits per heavy atom. The smallest absolute Gasteiger partial charge is 0.309 e. The molecule has 0 radical (unpaired) electrons. The molecule has 0 unspecified atom stereocenters. The van der Waals surface area contributed by atoms with Crippen molar-refractivity contribution in [2.24, 2.45) is 0 Å². The molecule has 12 rings (SSSR count). The van der Waals surface area contributed by atoms with Gasteiger partial charge in [-0.3, -0.25) is 0 Å². The number of aryl methyl sites for hydroxylation is 1. The van der Waals surface area contributed by atoms with Gasteiger partial charge in [-0.25, -0.2) is 15.0 Å². The fourth-order valence-electron chi connectivity index (χ4n) is 11.7. The molecule has 0 fully saturated rings. The summed E-state index contributed by atoms with van der Waals surface area (Å²) in [5.74, 6) is 1.38. The maximum absolute atomic E-state index is 14.7. The molecule has 12 aromatic rings. The molecule has 6 nitrogen and oxygen atoms in total. The molecule has 0 spiro atoms. The average Bonchev–Trinajstić information content (AvgIpc) is 1.91. The number of hydrogen-bond acceptors (Lipinski definition) is 4. The van der Waals surface area contributed by atoms with Crippen LogP contribution in [0.25, 0.3) is 111 Å². The molecule has 0 aliphatic rings. The number of fused-ring (bicyclic) bond motifs is 6. The van der Waals surface area contributed by atoms with Crippen LogP contribution in [0.2, 0.25) is 0 Å². The third kappa shape index (κ3) is 10.5. The predicted molar refractivity (Wildman–Crippen MR) is 345 cm³/mol.